The zero-order valence-electron chi connectivity index (χ0n) is 12.4. The molecule has 22 heavy (non-hydrogen) atoms. The van der Waals surface area contributed by atoms with Crippen LogP contribution in [0.3, 0.4) is 0 Å². The van der Waals surface area contributed by atoms with Crippen molar-refractivity contribution in [3.8, 4) is 0 Å². The molecule has 0 spiro atoms. The summed E-state index contributed by atoms with van der Waals surface area (Å²) in [4.78, 5) is 10.9. The van der Waals surface area contributed by atoms with Crippen LogP contribution in [-0.4, -0.2) is 24.3 Å². The molecule has 1 heterocycles. The van der Waals surface area contributed by atoms with Gasteiger partial charge in [-0.3, -0.25) is 0 Å². The molecule has 0 saturated heterocycles. The van der Waals surface area contributed by atoms with Crippen molar-refractivity contribution < 1.29 is 19.4 Å². The van der Waals surface area contributed by atoms with Gasteiger partial charge in [-0.2, -0.15) is 0 Å². The zero-order valence-corrected chi connectivity index (χ0v) is 12.4. The van der Waals surface area contributed by atoms with Gasteiger partial charge in [0.05, 0.1) is 5.56 Å². The molecule has 1 N–H and O–H groups in total. The van der Waals surface area contributed by atoms with E-state index < -0.39 is 5.97 Å². The quantitative estimate of drug-likeness (QED) is 0.926. The molecule has 4 nitrogen and oxygen atoms in total. The third-order valence-corrected chi connectivity index (χ3v) is 3.91. The van der Waals surface area contributed by atoms with Crippen LogP contribution in [0, 0.1) is 5.92 Å². The zero-order chi connectivity index (χ0) is 15.5. The Hall–Kier alpha value is -2.49. The molecule has 0 fully saturated rings. The van der Waals surface area contributed by atoms with Crippen LogP contribution in [0.15, 0.2) is 53.5 Å². The molecule has 1 aromatic rings. The van der Waals surface area contributed by atoms with Crippen LogP contribution >= 0.6 is 0 Å². The van der Waals surface area contributed by atoms with Crippen molar-refractivity contribution in [2.24, 2.45) is 5.92 Å². The Morgan fingerprint density at radius 2 is 1.95 bits per heavy atom. The van der Waals surface area contributed by atoms with E-state index in [4.69, 9.17) is 14.6 Å². The molecule has 1 aromatic carbocycles. The van der Waals surface area contributed by atoms with Crippen molar-refractivity contribution in [2.45, 2.75) is 13.3 Å². The Balaban J connectivity index is 1.74. The molecule has 1 aliphatic carbocycles. The molecule has 0 amide bonds. The monoisotopic (exact) mass is 298 g/mol. The van der Waals surface area contributed by atoms with Crippen LogP contribution in [0.5, 0.6) is 0 Å². The van der Waals surface area contributed by atoms with E-state index in [2.05, 4.69) is 19.1 Å². The summed E-state index contributed by atoms with van der Waals surface area (Å²) in [6, 6.07) is 6.89. The number of ether oxygens (including phenoxy) is 2. The summed E-state index contributed by atoms with van der Waals surface area (Å²) in [6.07, 6.45) is 7.00. The van der Waals surface area contributed by atoms with E-state index in [0.717, 1.165) is 23.5 Å². The summed E-state index contributed by atoms with van der Waals surface area (Å²) in [7, 11) is 0. The van der Waals surface area contributed by atoms with E-state index in [9.17, 15) is 4.79 Å². The molecule has 0 radical (unpaired) electrons. The molecule has 1 atom stereocenters. The van der Waals surface area contributed by atoms with Crippen LogP contribution < -0.4 is 0 Å². The van der Waals surface area contributed by atoms with E-state index in [-0.39, 0.29) is 5.92 Å². The third kappa shape index (κ3) is 3.06. The number of carbonyl (C=O) groups is 1. The molecule has 3 rings (SSSR count). The van der Waals surface area contributed by atoms with Gasteiger partial charge in [0.25, 0.3) is 0 Å². The van der Waals surface area contributed by atoms with E-state index in [1.54, 1.807) is 12.1 Å². The summed E-state index contributed by atoms with van der Waals surface area (Å²) < 4.78 is 11.2. The van der Waals surface area contributed by atoms with Gasteiger partial charge in [-0.25, -0.2) is 4.79 Å². The van der Waals surface area contributed by atoms with Gasteiger partial charge in [0.15, 0.2) is 5.76 Å². The van der Waals surface area contributed by atoms with E-state index in [1.165, 1.54) is 5.57 Å². The number of rotatable bonds is 3. The average Bonchev–Trinajstić information content (AvgIpc) is 2.55. The van der Waals surface area contributed by atoms with Crippen molar-refractivity contribution >= 4 is 12.0 Å². The largest absolute Gasteiger partial charge is 0.490 e. The molecule has 4 heteroatoms. The molecule has 114 valence electrons. The Kier molecular flexibility index (Phi) is 4.00. The van der Waals surface area contributed by atoms with Crippen molar-refractivity contribution in [1.29, 1.82) is 0 Å². The fourth-order valence-corrected chi connectivity index (χ4v) is 2.64. The van der Waals surface area contributed by atoms with Crippen LogP contribution in [0.25, 0.3) is 6.08 Å². The highest BCUT2D eigenvalue weighted by Gasteiger charge is 2.22. The predicted octanol–water partition coefficient (Wildman–Crippen LogP) is 3.62. The van der Waals surface area contributed by atoms with Crippen LogP contribution in [0.2, 0.25) is 0 Å². The lowest BCUT2D eigenvalue weighted by Crippen LogP contribution is -2.18. The van der Waals surface area contributed by atoms with Gasteiger partial charge in [0.2, 0.25) is 0 Å². The summed E-state index contributed by atoms with van der Waals surface area (Å²) >= 11 is 0. The molecule has 2 aliphatic rings. The van der Waals surface area contributed by atoms with Gasteiger partial charge < -0.3 is 14.6 Å². The lowest BCUT2D eigenvalue weighted by molar-refractivity contribution is 0.0605. The van der Waals surface area contributed by atoms with Gasteiger partial charge in [0, 0.05) is 12.3 Å². The summed E-state index contributed by atoms with van der Waals surface area (Å²) in [6.45, 7) is 3.30. The summed E-state index contributed by atoms with van der Waals surface area (Å²) in [5.41, 5.74) is 2.51. The molecule has 0 aromatic heterocycles. The van der Waals surface area contributed by atoms with Gasteiger partial charge in [-0.1, -0.05) is 29.9 Å². The Bertz CT molecular complexity index is 665. The summed E-state index contributed by atoms with van der Waals surface area (Å²) in [5.74, 6) is 1.14. The number of carboxylic acid groups (broad SMARTS) is 1. The minimum Gasteiger partial charge on any atom is -0.490 e. The highest BCUT2D eigenvalue weighted by atomic mass is 16.6. The molecule has 0 saturated carbocycles. The highest BCUT2D eigenvalue weighted by Crippen LogP contribution is 2.32. The Morgan fingerprint density at radius 3 is 2.68 bits per heavy atom. The third-order valence-electron chi connectivity index (χ3n) is 3.91. The van der Waals surface area contributed by atoms with E-state index in [0.29, 0.717) is 18.8 Å². The van der Waals surface area contributed by atoms with Gasteiger partial charge in [0.1, 0.15) is 19.0 Å². The lowest BCUT2D eigenvalue weighted by atomic mass is 9.90. The number of aromatic carboxylic acids is 1. The Morgan fingerprint density at radius 1 is 1.23 bits per heavy atom. The van der Waals surface area contributed by atoms with E-state index in [1.807, 2.05) is 18.2 Å². The average molecular weight is 298 g/mol. The SMILES string of the molecule is C/C(=C\c1ccc(C(=O)O)cc1)C1C=CC2=C(C1)OCCO2. The van der Waals surface area contributed by atoms with Crippen molar-refractivity contribution in [1.82, 2.24) is 0 Å². The first-order valence-electron chi connectivity index (χ1n) is 7.32. The second kappa shape index (κ2) is 6.10. The van der Waals surface area contributed by atoms with Gasteiger partial charge in [-0.05, 0) is 30.7 Å². The van der Waals surface area contributed by atoms with Crippen molar-refractivity contribution in [2.75, 3.05) is 13.2 Å². The minimum absolute atomic E-state index is 0.277. The maximum atomic E-state index is 10.9. The first-order valence-corrected chi connectivity index (χ1v) is 7.32. The normalized spacial score (nSPS) is 21.0. The van der Waals surface area contributed by atoms with Crippen LogP contribution in [-0.2, 0) is 9.47 Å². The standard InChI is InChI=1S/C18H18O4/c1-12(10-13-2-4-14(5-3-13)18(19)20)15-6-7-16-17(11-15)22-9-8-21-16/h2-7,10,15H,8-9,11H2,1H3,(H,19,20)/b12-10+. The van der Waals surface area contributed by atoms with Crippen molar-refractivity contribution in [3.63, 3.8) is 0 Å². The number of allylic oxidation sites excluding steroid dienone is 4. The summed E-state index contributed by atoms with van der Waals surface area (Å²) in [5, 5.41) is 8.92. The predicted molar refractivity (Wildman–Crippen MR) is 83.2 cm³/mol. The molecule has 0 bridgehead atoms. The number of hydrogen-bond donors (Lipinski definition) is 1. The highest BCUT2D eigenvalue weighted by molar-refractivity contribution is 5.87. The van der Waals surface area contributed by atoms with Crippen LogP contribution in [0.4, 0.5) is 0 Å². The Labute approximate surface area is 129 Å². The second-order valence-corrected chi connectivity index (χ2v) is 5.47. The number of benzene rings is 1. The van der Waals surface area contributed by atoms with Gasteiger partial charge >= 0.3 is 5.97 Å². The van der Waals surface area contributed by atoms with E-state index >= 15 is 0 Å². The molecule has 1 unspecified atom stereocenters. The van der Waals surface area contributed by atoms with Gasteiger partial charge in [-0.15, -0.1) is 0 Å². The maximum Gasteiger partial charge on any atom is 0.335 e. The lowest BCUT2D eigenvalue weighted by Gasteiger charge is -2.26. The number of hydrogen-bond acceptors (Lipinski definition) is 3. The number of carboxylic acids is 1. The fourth-order valence-electron chi connectivity index (χ4n) is 2.64. The van der Waals surface area contributed by atoms with Crippen LogP contribution in [0.1, 0.15) is 29.3 Å². The van der Waals surface area contributed by atoms with Crippen molar-refractivity contribution in [3.05, 3.63) is 64.6 Å². The fraction of sp³-hybridized carbons (Fsp3) is 0.278. The molecule has 1 aliphatic heterocycles. The minimum atomic E-state index is -0.906. The second-order valence-electron chi connectivity index (χ2n) is 5.47. The topological polar surface area (TPSA) is 55.8 Å². The smallest absolute Gasteiger partial charge is 0.335 e. The molecular weight excluding hydrogens is 280 g/mol. The first-order chi connectivity index (χ1) is 10.6. The maximum absolute atomic E-state index is 10.9. The first kappa shape index (κ1) is 14.4. The molecular formula is C18H18O4.